The lowest BCUT2D eigenvalue weighted by Gasteiger charge is -2.19. The maximum absolute atomic E-state index is 13.0. The van der Waals surface area contributed by atoms with Crippen LogP contribution in [0.2, 0.25) is 0 Å². The number of hydrogen-bond donors (Lipinski definition) is 0. The third-order valence-corrected chi connectivity index (χ3v) is 8.43. The Bertz CT molecular complexity index is 1350. The van der Waals surface area contributed by atoms with Gasteiger partial charge in [-0.25, -0.2) is 4.79 Å². The molecule has 3 aromatic carbocycles. The summed E-state index contributed by atoms with van der Waals surface area (Å²) in [6.07, 6.45) is 4.82. The average molecular weight is 440 g/mol. The molecule has 2 nitrogen and oxygen atoms in total. The molecular formula is C29H27O2S+. The molecule has 0 radical (unpaired) electrons. The lowest BCUT2D eigenvalue weighted by atomic mass is 10.1. The number of rotatable bonds is 3. The van der Waals surface area contributed by atoms with E-state index in [0.717, 1.165) is 18.2 Å². The predicted octanol–water partition coefficient (Wildman–Crippen LogP) is 7.86. The van der Waals surface area contributed by atoms with E-state index < -0.39 is 5.60 Å². The van der Waals surface area contributed by atoms with Crippen LogP contribution >= 0.6 is 10.5 Å². The maximum atomic E-state index is 13.0. The molecule has 5 rings (SSSR count). The van der Waals surface area contributed by atoms with Gasteiger partial charge in [0.25, 0.3) is 0 Å². The molecule has 0 amide bonds. The lowest BCUT2D eigenvalue weighted by Crippen LogP contribution is -2.26. The number of hydrogen-bond acceptors (Lipinski definition) is 2. The Morgan fingerprint density at radius 1 is 0.906 bits per heavy atom. The molecule has 4 aromatic rings. The zero-order valence-electron chi connectivity index (χ0n) is 18.6. The molecule has 1 saturated carbocycles. The normalized spacial score (nSPS) is 15.0. The first-order valence-electron chi connectivity index (χ1n) is 11.3. The standard InChI is InChI=1S/C29H27O2S/c1-29(2,19-18-21-10-6-7-11-21)31-28(30)22-16-17-27-25(20-22)24-14-8-9-15-26(24)32(27)23-12-4-3-5-13-23/h3-5,8-9,12-17,20-21H,6-7,10-11H2,1-2H3/q+1. The number of fused-ring (bicyclic) bond motifs is 3. The van der Waals surface area contributed by atoms with Gasteiger partial charge in [-0.1, -0.05) is 55.0 Å². The van der Waals surface area contributed by atoms with E-state index in [4.69, 9.17) is 4.74 Å². The molecule has 0 N–H and O–H groups in total. The lowest BCUT2D eigenvalue weighted by molar-refractivity contribution is 0.0204. The molecule has 0 spiro atoms. The second-order valence-corrected chi connectivity index (χ2v) is 10.9. The maximum Gasteiger partial charge on any atom is 0.339 e. The van der Waals surface area contributed by atoms with Gasteiger partial charge >= 0.3 is 5.97 Å². The molecule has 1 fully saturated rings. The first kappa shape index (κ1) is 20.8. The van der Waals surface area contributed by atoms with Crippen LogP contribution in [0.4, 0.5) is 0 Å². The van der Waals surface area contributed by atoms with Crippen molar-refractivity contribution in [2.75, 3.05) is 0 Å². The minimum absolute atomic E-state index is 0.160. The highest BCUT2D eigenvalue weighted by molar-refractivity contribution is 7.50. The summed E-state index contributed by atoms with van der Waals surface area (Å²) in [5, 5.41) is 2.32. The van der Waals surface area contributed by atoms with E-state index in [1.165, 1.54) is 32.5 Å². The van der Waals surface area contributed by atoms with Gasteiger partial charge in [-0.15, -0.1) is 0 Å². The Morgan fingerprint density at radius 2 is 1.59 bits per heavy atom. The zero-order valence-corrected chi connectivity index (χ0v) is 19.4. The van der Waals surface area contributed by atoms with Gasteiger partial charge in [-0.3, -0.25) is 0 Å². The molecule has 1 heterocycles. The molecule has 32 heavy (non-hydrogen) atoms. The van der Waals surface area contributed by atoms with Crippen LogP contribution in [0.15, 0.2) is 72.8 Å². The fourth-order valence-corrected chi connectivity index (χ4v) is 6.88. The van der Waals surface area contributed by atoms with Gasteiger partial charge in [-0.2, -0.15) is 0 Å². The van der Waals surface area contributed by atoms with E-state index in [1.54, 1.807) is 0 Å². The van der Waals surface area contributed by atoms with Crippen molar-refractivity contribution in [2.24, 2.45) is 5.92 Å². The molecule has 160 valence electrons. The Balaban J connectivity index is 1.51. The van der Waals surface area contributed by atoms with Crippen molar-refractivity contribution in [1.29, 1.82) is 0 Å². The van der Waals surface area contributed by atoms with Gasteiger partial charge in [0.05, 0.1) is 5.56 Å². The Labute approximate surface area is 192 Å². The Hall–Kier alpha value is -3.09. The van der Waals surface area contributed by atoms with E-state index in [1.807, 2.05) is 32.0 Å². The monoisotopic (exact) mass is 439 g/mol. The van der Waals surface area contributed by atoms with Crippen LogP contribution in [0, 0.1) is 17.8 Å². The summed E-state index contributed by atoms with van der Waals surface area (Å²) in [7, 11) is -0.160. The SMILES string of the molecule is CC(C)(C#CC1CCCC1)OC(=O)c1ccc2c(c1)c1ccccc1[s+]2-c1ccccc1. The van der Waals surface area contributed by atoms with Crippen LogP contribution in [0.25, 0.3) is 25.1 Å². The summed E-state index contributed by atoms with van der Waals surface area (Å²) in [5.41, 5.74) is -0.224. The molecule has 1 atom stereocenters. The molecule has 1 aliphatic carbocycles. The molecule has 0 saturated heterocycles. The minimum Gasteiger partial charge on any atom is -0.443 e. The van der Waals surface area contributed by atoms with Crippen LogP contribution in [-0.4, -0.2) is 11.6 Å². The fourth-order valence-electron chi connectivity index (χ4n) is 4.50. The summed E-state index contributed by atoms with van der Waals surface area (Å²) < 4.78 is 8.40. The fraction of sp³-hybridized carbons (Fsp3) is 0.276. The summed E-state index contributed by atoms with van der Waals surface area (Å²) in [5.74, 6) is 6.67. The van der Waals surface area contributed by atoms with Crippen molar-refractivity contribution >= 4 is 36.6 Å². The first-order chi connectivity index (χ1) is 15.5. The average Bonchev–Trinajstić information content (AvgIpc) is 3.44. The molecule has 1 aromatic heterocycles. The minimum atomic E-state index is -0.801. The molecule has 0 aliphatic heterocycles. The molecule has 0 bridgehead atoms. The van der Waals surface area contributed by atoms with Gasteiger partial charge in [0.2, 0.25) is 0 Å². The van der Waals surface area contributed by atoms with Crippen molar-refractivity contribution in [2.45, 2.75) is 45.1 Å². The van der Waals surface area contributed by atoms with Crippen molar-refractivity contribution in [1.82, 2.24) is 0 Å². The van der Waals surface area contributed by atoms with Crippen LogP contribution in [0.1, 0.15) is 49.9 Å². The van der Waals surface area contributed by atoms with Crippen LogP contribution in [0.5, 0.6) is 0 Å². The zero-order chi connectivity index (χ0) is 22.1. The third-order valence-electron chi connectivity index (χ3n) is 6.09. The van der Waals surface area contributed by atoms with Crippen LogP contribution in [-0.2, 0) is 4.74 Å². The topological polar surface area (TPSA) is 26.3 Å². The molecule has 1 unspecified atom stereocenters. The number of thiophene rings is 1. The van der Waals surface area contributed by atoms with Gasteiger partial charge in [-0.05, 0) is 69.2 Å². The second kappa shape index (κ2) is 8.45. The van der Waals surface area contributed by atoms with Crippen LogP contribution < -0.4 is 0 Å². The van der Waals surface area contributed by atoms with E-state index >= 15 is 0 Å². The summed E-state index contributed by atoms with van der Waals surface area (Å²) >= 11 is 0. The number of esters is 1. The van der Waals surface area contributed by atoms with Gasteiger partial charge in [0.15, 0.2) is 19.9 Å². The number of ether oxygens (including phenoxy) is 1. The molecule has 1 aliphatic rings. The largest absolute Gasteiger partial charge is 0.443 e. The molecular weight excluding hydrogens is 412 g/mol. The highest BCUT2D eigenvalue weighted by Gasteiger charge is 2.26. The second-order valence-electron chi connectivity index (χ2n) is 8.98. The van der Waals surface area contributed by atoms with E-state index in [2.05, 4.69) is 66.4 Å². The van der Waals surface area contributed by atoms with Gasteiger partial charge in [0, 0.05) is 27.2 Å². The van der Waals surface area contributed by atoms with Crippen LogP contribution in [0.3, 0.4) is 0 Å². The summed E-state index contributed by atoms with van der Waals surface area (Å²) in [6.45, 7) is 3.75. The van der Waals surface area contributed by atoms with Crippen molar-refractivity contribution in [3.8, 4) is 16.7 Å². The predicted molar refractivity (Wildman–Crippen MR) is 134 cm³/mol. The van der Waals surface area contributed by atoms with Crippen molar-refractivity contribution < 1.29 is 9.53 Å². The Kier molecular flexibility index (Phi) is 5.49. The third kappa shape index (κ3) is 4.04. The number of benzene rings is 3. The number of carbonyl (C=O) groups is 1. The Morgan fingerprint density at radius 3 is 2.38 bits per heavy atom. The summed E-state index contributed by atoms with van der Waals surface area (Å²) in [6, 6.07) is 25.1. The number of carbonyl (C=O) groups excluding carboxylic acids is 1. The molecule has 3 heteroatoms. The van der Waals surface area contributed by atoms with Gasteiger partial charge in [0.1, 0.15) is 0 Å². The first-order valence-corrected chi connectivity index (χ1v) is 12.5. The quantitative estimate of drug-likeness (QED) is 0.184. The highest BCUT2D eigenvalue weighted by Crippen LogP contribution is 2.48. The van der Waals surface area contributed by atoms with E-state index in [-0.39, 0.29) is 16.4 Å². The van der Waals surface area contributed by atoms with E-state index in [0.29, 0.717) is 11.5 Å². The van der Waals surface area contributed by atoms with Gasteiger partial charge < -0.3 is 4.74 Å². The smallest absolute Gasteiger partial charge is 0.339 e. The van der Waals surface area contributed by atoms with E-state index in [9.17, 15) is 4.79 Å². The van der Waals surface area contributed by atoms with Crippen molar-refractivity contribution in [3.05, 3.63) is 78.4 Å². The van der Waals surface area contributed by atoms with Crippen molar-refractivity contribution in [3.63, 3.8) is 0 Å². The highest BCUT2D eigenvalue weighted by atomic mass is 32.2. The summed E-state index contributed by atoms with van der Waals surface area (Å²) in [4.78, 5) is 14.3.